The fourth-order valence-corrected chi connectivity index (χ4v) is 1.70. The van der Waals surface area contributed by atoms with E-state index in [-0.39, 0.29) is 18.0 Å². The van der Waals surface area contributed by atoms with E-state index in [1.165, 1.54) is 18.5 Å². The largest absolute Gasteiger partial charge is 0.355 e. The van der Waals surface area contributed by atoms with Gasteiger partial charge in [-0.3, -0.25) is 20.0 Å². The first kappa shape index (κ1) is 13.7. The normalized spacial score (nSPS) is 10.2. The van der Waals surface area contributed by atoms with Crippen LogP contribution in [0.2, 0.25) is 0 Å². The molecule has 0 radical (unpaired) electrons. The summed E-state index contributed by atoms with van der Waals surface area (Å²) < 4.78 is 0. The third-order valence-electron chi connectivity index (χ3n) is 2.63. The first-order valence-corrected chi connectivity index (χ1v) is 5.99. The topological polar surface area (TPSA) is 114 Å². The van der Waals surface area contributed by atoms with Crippen LogP contribution in [-0.4, -0.2) is 32.6 Å². The number of amides is 1. The van der Waals surface area contributed by atoms with Gasteiger partial charge in [-0.25, -0.2) is 4.98 Å². The molecule has 1 aromatic heterocycles. The van der Waals surface area contributed by atoms with Crippen molar-refractivity contribution in [2.24, 2.45) is 0 Å². The molecule has 20 heavy (non-hydrogen) atoms. The van der Waals surface area contributed by atoms with Crippen molar-refractivity contribution >= 4 is 11.6 Å². The van der Waals surface area contributed by atoms with Gasteiger partial charge in [0.1, 0.15) is 12.2 Å². The minimum Gasteiger partial charge on any atom is -0.355 e. The Morgan fingerprint density at radius 3 is 3.00 bits per heavy atom. The number of nitro benzene ring substituents is 1. The molecule has 0 saturated heterocycles. The number of rotatable bonds is 6. The summed E-state index contributed by atoms with van der Waals surface area (Å²) in [6.07, 6.45) is 2.07. The minimum absolute atomic E-state index is 0.0167. The number of aromatic amines is 1. The number of hydrogen-bond acceptors (Lipinski definition) is 5. The predicted octanol–water partition coefficient (Wildman–Crippen LogP) is 0.614. The van der Waals surface area contributed by atoms with Crippen LogP contribution < -0.4 is 5.32 Å². The zero-order chi connectivity index (χ0) is 14.4. The summed E-state index contributed by atoms with van der Waals surface area (Å²) in [4.78, 5) is 25.8. The Hall–Kier alpha value is -2.77. The number of carbonyl (C=O) groups excluding carboxylic acids is 1. The maximum atomic E-state index is 11.7. The molecule has 0 unspecified atom stereocenters. The Labute approximate surface area is 114 Å². The van der Waals surface area contributed by atoms with Crippen molar-refractivity contribution in [1.29, 1.82) is 0 Å². The fourth-order valence-electron chi connectivity index (χ4n) is 1.70. The van der Waals surface area contributed by atoms with Crippen LogP contribution in [0.25, 0.3) is 0 Å². The molecule has 1 heterocycles. The number of nitro groups is 1. The van der Waals surface area contributed by atoms with Gasteiger partial charge in [-0.05, 0) is 5.56 Å². The average molecular weight is 275 g/mol. The van der Waals surface area contributed by atoms with Crippen LogP contribution in [0.4, 0.5) is 5.69 Å². The molecular formula is C12H13N5O3. The summed E-state index contributed by atoms with van der Waals surface area (Å²) in [7, 11) is 0. The van der Waals surface area contributed by atoms with E-state index in [9.17, 15) is 14.9 Å². The van der Waals surface area contributed by atoms with Crippen molar-refractivity contribution in [3.05, 3.63) is 52.1 Å². The van der Waals surface area contributed by atoms with Gasteiger partial charge >= 0.3 is 0 Å². The van der Waals surface area contributed by atoms with Gasteiger partial charge in [-0.15, -0.1) is 0 Å². The number of aromatic nitrogens is 3. The molecule has 2 N–H and O–H groups in total. The Kier molecular flexibility index (Phi) is 4.38. The van der Waals surface area contributed by atoms with Crippen LogP contribution in [0.1, 0.15) is 11.4 Å². The molecule has 0 aliphatic carbocycles. The number of H-pyrrole nitrogens is 1. The standard InChI is InChI=1S/C12H13N5O3/c18-12(13-5-4-11-14-8-15-16-11)7-9-2-1-3-10(6-9)17(19)20/h1-3,6,8H,4-5,7H2,(H,13,18)(H,14,15,16). The van der Waals surface area contributed by atoms with E-state index in [0.29, 0.717) is 24.4 Å². The average Bonchev–Trinajstić information content (AvgIpc) is 2.92. The maximum absolute atomic E-state index is 11.7. The van der Waals surface area contributed by atoms with Gasteiger partial charge in [0.2, 0.25) is 5.91 Å². The summed E-state index contributed by atoms with van der Waals surface area (Å²) >= 11 is 0. The summed E-state index contributed by atoms with van der Waals surface area (Å²) in [6, 6.07) is 6.04. The number of carbonyl (C=O) groups is 1. The second-order valence-corrected chi connectivity index (χ2v) is 4.14. The molecule has 0 atom stereocenters. The first-order valence-electron chi connectivity index (χ1n) is 5.99. The lowest BCUT2D eigenvalue weighted by Gasteiger charge is -2.04. The van der Waals surface area contributed by atoms with Gasteiger partial charge in [0, 0.05) is 25.1 Å². The Balaban J connectivity index is 1.82. The molecule has 1 aromatic carbocycles. The lowest BCUT2D eigenvalue weighted by Crippen LogP contribution is -2.27. The lowest BCUT2D eigenvalue weighted by molar-refractivity contribution is -0.384. The molecule has 2 aromatic rings. The monoisotopic (exact) mass is 275 g/mol. The van der Waals surface area contributed by atoms with Crippen LogP contribution in [-0.2, 0) is 17.6 Å². The number of nitrogens with zero attached hydrogens (tertiary/aromatic N) is 3. The minimum atomic E-state index is -0.481. The Bertz CT molecular complexity index is 597. The second kappa shape index (κ2) is 6.41. The molecule has 0 aliphatic rings. The number of hydrogen-bond donors (Lipinski definition) is 2. The summed E-state index contributed by atoms with van der Waals surface area (Å²) in [5.74, 6) is 0.505. The molecule has 0 spiro atoms. The molecule has 1 amide bonds. The van der Waals surface area contributed by atoms with Crippen LogP contribution >= 0.6 is 0 Å². The van der Waals surface area contributed by atoms with Crippen molar-refractivity contribution < 1.29 is 9.72 Å². The number of nitrogens with one attached hydrogen (secondary N) is 2. The highest BCUT2D eigenvalue weighted by molar-refractivity contribution is 5.78. The zero-order valence-corrected chi connectivity index (χ0v) is 10.6. The molecule has 2 rings (SSSR count). The van der Waals surface area contributed by atoms with Gasteiger partial charge in [-0.1, -0.05) is 12.1 Å². The number of non-ortho nitro benzene ring substituents is 1. The van der Waals surface area contributed by atoms with Gasteiger partial charge in [0.05, 0.1) is 11.3 Å². The van der Waals surface area contributed by atoms with Crippen molar-refractivity contribution in [1.82, 2.24) is 20.5 Å². The van der Waals surface area contributed by atoms with E-state index >= 15 is 0 Å². The SMILES string of the molecule is O=C(Cc1cccc([N+](=O)[O-])c1)NCCc1ncn[nH]1. The maximum Gasteiger partial charge on any atom is 0.269 e. The van der Waals surface area contributed by atoms with Crippen molar-refractivity contribution in [2.45, 2.75) is 12.8 Å². The van der Waals surface area contributed by atoms with Crippen molar-refractivity contribution in [2.75, 3.05) is 6.54 Å². The van der Waals surface area contributed by atoms with E-state index < -0.39 is 4.92 Å². The van der Waals surface area contributed by atoms with E-state index in [4.69, 9.17) is 0 Å². The second-order valence-electron chi connectivity index (χ2n) is 4.14. The molecular weight excluding hydrogens is 262 g/mol. The van der Waals surface area contributed by atoms with E-state index in [1.807, 2.05) is 0 Å². The molecule has 0 bridgehead atoms. The van der Waals surface area contributed by atoms with Crippen LogP contribution in [0, 0.1) is 10.1 Å². The molecule has 0 saturated carbocycles. The van der Waals surface area contributed by atoms with Gasteiger partial charge < -0.3 is 5.32 Å². The molecule has 8 nitrogen and oxygen atoms in total. The van der Waals surface area contributed by atoms with Crippen LogP contribution in [0.5, 0.6) is 0 Å². The highest BCUT2D eigenvalue weighted by Gasteiger charge is 2.08. The van der Waals surface area contributed by atoms with E-state index in [2.05, 4.69) is 20.5 Å². The fraction of sp³-hybridized carbons (Fsp3) is 0.250. The predicted molar refractivity (Wildman–Crippen MR) is 69.9 cm³/mol. The van der Waals surface area contributed by atoms with E-state index in [0.717, 1.165) is 0 Å². The smallest absolute Gasteiger partial charge is 0.269 e. The third-order valence-corrected chi connectivity index (χ3v) is 2.63. The highest BCUT2D eigenvalue weighted by Crippen LogP contribution is 2.13. The van der Waals surface area contributed by atoms with Gasteiger partial charge in [-0.2, -0.15) is 5.10 Å². The number of benzene rings is 1. The van der Waals surface area contributed by atoms with Crippen molar-refractivity contribution in [3.8, 4) is 0 Å². The summed E-state index contributed by atoms with van der Waals surface area (Å²) in [6.45, 7) is 0.433. The zero-order valence-electron chi connectivity index (χ0n) is 10.6. The lowest BCUT2D eigenvalue weighted by atomic mass is 10.1. The summed E-state index contributed by atoms with van der Waals surface area (Å²) in [5.41, 5.74) is 0.591. The van der Waals surface area contributed by atoms with Crippen LogP contribution in [0.3, 0.4) is 0 Å². The van der Waals surface area contributed by atoms with Crippen molar-refractivity contribution in [3.63, 3.8) is 0 Å². The first-order chi connectivity index (χ1) is 9.65. The Morgan fingerprint density at radius 2 is 2.30 bits per heavy atom. The van der Waals surface area contributed by atoms with Gasteiger partial charge in [0.15, 0.2) is 0 Å². The molecule has 104 valence electrons. The highest BCUT2D eigenvalue weighted by atomic mass is 16.6. The van der Waals surface area contributed by atoms with Crippen LogP contribution in [0.15, 0.2) is 30.6 Å². The molecule has 0 fully saturated rings. The molecule has 0 aliphatic heterocycles. The Morgan fingerprint density at radius 1 is 1.45 bits per heavy atom. The third kappa shape index (κ3) is 3.87. The van der Waals surface area contributed by atoms with Gasteiger partial charge in [0.25, 0.3) is 5.69 Å². The summed E-state index contributed by atoms with van der Waals surface area (Å²) in [5, 5.41) is 19.7. The van der Waals surface area contributed by atoms with E-state index in [1.54, 1.807) is 12.1 Å². The molecule has 8 heteroatoms. The quantitative estimate of drug-likeness (QED) is 0.592.